The molecule has 0 bridgehead atoms. The first-order valence-corrected chi connectivity index (χ1v) is 24.0. The molecule has 0 radical (unpaired) electrons. The number of hydrogen-bond donors (Lipinski definition) is 13. The number of aliphatic imine (C=N–C) groups is 1. The minimum absolute atomic E-state index is 0.0109. The Labute approximate surface area is 412 Å². The largest absolute Gasteiger partial charge is 0.370 e. The molecule has 2 aromatic carbocycles. The van der Waals surface area contributed by atoms with E-state index in [0.29, 0.717) is 24.0 Å². The summed E-state index contributed by atoms with van der Waals surface area (Å²) in [6.45, 7) is 3.14. The lowest BCUT2D eigenvalue weighted by Gasteiger charge is -2.28. The summed E-state index contributed by atoms with van der Waals surface area (Å²) in [6, 6.07) is 6.98. The number of primary amides is 1. The number of nitrogens with zero attached hydrogens (tertiary/aromatic N) is 1. The van der Waals surface area contributed by atoms with Crippen LogP contribution in [0.1, 0.15) is 89.2 Å². The molecule has 7 atom stereocenters. The first-order valence-electron chi connectivity index (χ1n) is 24.0. The molecule has 3 aromatic rings. The second-order valence-electron chi connectivity index (χ2n) is 17.5. The fourth-order valence-corrected chi connectivity index (χ4v) is 7.98. The maximum absolute atomic E-state index is 14.5. The summed E-state index contributed by atoms with van der Waals surface area (Å²) in [6.07, 6.45) is 2.68. The topological polar surface area (TPSA) is 382 Å². The van der Waals surface area contributed by atoms with Gasteiger partial charge in [-0.2, -0.15) is 0 Å². The van der Waals surface area contributed by atoms with E-state index in [9.17, 15) is 43.2 Å². The van der Waals surface area contributed by atoms with E-state index in [2.05, 4.69) is 52.5 Å². The zero-order valence-corrected chi connectivity index (χ0v) is 40.4. The lowest BCUT2D eigenvalue weighted by atomic mass is 10.0. The van der Waals surface area contributed by atoms with Crippen LogP contribution in [0.15, 0.2) is 65.8 Å². The first-order chi connectivity index (χ1) is 34.0. The molecule has 1 aliphatic rings. The molecular weight excluding hydrogens is 917 g/mol. The minimum Gasteiger partial charge on any atom is -0.370 e. The molecule has 1 aromatic heterocycles. The number of nitrogens with two attached hydrogens (primary N) is 4. The Bertz CT molecular complexity index is 2340. The third kappa shape index (κ3) is 18.7. The molecule has 1 fully saturated rings. The molecular formula is C48H70N14O9. The summed E-state index contributed by atoms with van der Waals surface area (Å²) >= 11 is 0. The molecule has 4 rings (SSSR count). The third-order valence-corrected chi connectivity index (χ3v) is 11.8. The third-order valence-electron chi connectivity index (χ3n) is 11.8. The second kappa shape index (κ2) is 28.8. The van der Waals surface area contributed by atoms with Crippen molar-refractivity contribution in [2.24, 2.45) is 27.9 Å². The summed E-state index contributed by atoms with van der Waals surface area (Å²) < 4.78 is 0. The number of rotatable bonds is 20. The number of guanidine groups is 1. The van der Waals surface area contributed by atoms with Crippen LogP contribution in [-0.4, -0.2) is 126 Å². The van der Waals surface area contributed by atoms with Gasteiger partial charge in [0.15, 0.2) is 5.96 Å². The molecule has 0 saturated carbocycles. The zero-order chi connectivity index (χ0) is 51.9. The molecule has 0 aliphatic carbocycles. The van der Waals surface area contributed by atoms with Gasteiger partial charge in [0.2, 0.25) is 53.2 Å². The van der Waals surface area contributed by atoms with Gasteiger partial charge in [-0.05, 0) is 68.7 Å². The van der Waals surface area contributed by atoms with Crippen LogP contribution >= 0.6 is 0 Å². The Balaban J connectivity index is 1.74. The van der Waals surface area contributed by atoms with Gasteiger partial charge in [-0.15, -0.1) is 0 Å². The van der Waals surface area contributed by atoms with Crippen molar-refractivity contribution in [2.45, 2.75) is 133 Å². The average molecular weight is 987 g/mol. The van der Waals surface area contributed by atoms with Crippen LogP contribution in [0.25, 0.3) is 10.9 Å². The van der Waals surface area contributed by atoms with Crippen molar-refractivity contribution in [3.8, 4) is 0 Å². The highest BCUT2D eigenvalue weighted by Crippen LogP contribution is 2.19. The summed E-state index contributed by atoms with van der Waals surface area (Å²) in [7, 11) is 0. The molecule has 23 heteroatoms. The van der Waals surface area contributed by atoms with Crippen molar-refractivity contribution >= 4 is 70.0 Å². The fourth-order valence-electron chi connectivity index (χ4n) is 7.98. The van der Waals surface area contributed by atoms with Crippen LogP contribution < -0.4 is 65.5 Å². The van der Waals surface area contributed by atoms with Crippen LogP contribution in [0.4, 0.5) is 0 Å². The van der Waals surface area contributed by atoms with Crippen molar-refractivity contribution in [3.05, 3.63) is 71.9 Å². The van der Waals surface area contributed by atoms with Crippen molar-refractivity contribution in [3.63, 3.8) is 0 Å². The van der Waals surface area contributed by atoms with Gasteiger partial charge in [-0.1, -0.05) is 68.3 Å². The van der Waals surface area contributed by atoms with Crippen molar-refractivity contribution < 1.29 is 43.2 Å². The smallest absolute Gasteiger partial charge is 0.243 e. The number of H-pyrrole nitrogens is 1. The van der Waals surface area contributed by atoms with Gasteiger partial charge in [-0.3, -0.25) is 48.1 Å². The summed E-state index contributed by atoms with van der Waals surface area (Å²) in [5, 5.41) is 22.2. The van der Waals surface area contributed by atoms with Crippen LogP contribution in [0.2, 0.25) is 0 Å². The zero-order valence-electron chi connectivity index (χ0n) is 40.4. The highest BCUT2D eigenvalue weighted by molar-refractivity contribution is 5.98. The predicted molar refractivity (Wildman–Crippen MR) is 265 cm³/mol. The first kappa shape index (κ1) is 56.0. The highest BCUT2D eigenvalue weighted by Gasteiger charge is 2.35. The van der Waals surface area contributed by atoms with Gasteiger partial charge in [0, 0.05) is 56.4 Å². The number of carbonyl (C=O) groups excluding carboxylic acids is 9. The molecule has 71 heavy (non-hydrogen) atoms. The fraction of sp³-hybridized carbons (Fsp3) is 0.500. The summed E-state index contributed by atoms with van der Waals surface area (Å²) in [4.78, 5) is 131. The van der Waals surface area contributed by atoms with Gasteiger partial charge in [0.05, 0.1) is 0 Å². The Hall–Kier alpha value is -7.56. The quantitative estimate of drug-likeness (QED) is 0.0337. The molecule has 1 unspecified atom stereocenters. The number of benzene rings is 2. The summed E-state index contributed by atoms with van der Waals surface area (Å²) in [5.41, 5.74) is 24.8. The number of para-hydroxylation sites is 1. The number of hydrogen-bond acceptors (Lipinski definition) is 11. The standard InChI is InChI=1S/C48H70N14O9/c1-3-4-15-33(56-28(2)63)42(66)59-36-19-20-40(64)53-24-21-37(46(70)61-38(41(50)65)26-30-27-55-32-16-9-8-14-31(30)32)60-43(67)35(18-11-23-54-48(51)52)58-47(71)39(25-29-12-6-5-7-13-29)62-44(68)34(17-10-22-49)57-45(36)69/h5-9,12-14,16,27,33-39,55H,3-4,10-11,15,17-26,49H2,1-2H3,(H2,50,65)(H,53,64)(H,56,63)(H,57,69)(H,58,71)(H,59,66)(H,60,67)(H,61,70)(H,62,68)(H4,51,52,54)/t33-,34-,35-,36-,37-,38-,39?/m0/s1. The maximum Gasteiger partial charge on any atom is 0.243 e. The Morgan fingerprint density at radius 3 is 2.08 bits per heavy atom. The van der Waals surface area contributed by atoms with E-state index < -0.39 is 95.5 Å². The number of unbranched alkanes of at least 4 members (excludes halogenated alkanes) is 1. The Kier molecular flexibility index (Phi) is 22.7. The van der Waals surface area contributed by atoms with E-state index in [1.165, 1.54) is 6.92 Å². The van der Waals surface area contributed by atoms with Gasteiger partial charge in [0.25, 0.3) is 0 Å². The predicted octanol–water partition coefficient (Wildman–Crippen LogP) is -1.87. The molecule has 17 N–H and O–H groups in total. The number of aromatic amines is 1. The van der Waals surface area contributed by atoms with Crippen LogP contribution in [-0.2, 0) is 56.0 Å². The van der Waals surface area contributed by atoms with Gasteiger partial charge in [0.1, 0.15) is 42.3 Å². The molecule has 1 aliphatic heterocycles. The van der Waals surface area contributed by atoms with Gasteiger partial charge in [-0.25, -0.2) is 0 Å². The van der Waals surface area contributed by atoms with Crippen molar-refractivity contribution in [1.29, 1.82) is 0 Å². The number of nitrogens with one attached hydrogen (secondary N) is 9. The number of aromatic nitrogens is 1. The Morgan fingerprint density at radius 2 is 1.41 bits per heavy atom. The van der Waals surface area contributed by atoms with E-state index in [4.69, 9.17) is 22.9 Å². The molecule has 1 saturated heterocycles. The summed E-state index contributed by atoms with van der Waals surface area (Å²) in [5.74, 6) is -6.90. The van der Waals surface area contributed by atoms with E-state index in [1.807, 2.05) is 31.2 Å². The second-order valence-corrected chi connectivity index (χ2v) is 17.5. The Morgan fingerprint density at radius 1 is 0.761 bits per heavy atom. The molecule has 23 nitrogen and oxygen atoms in total. The molecule has 386 valence electrons. The van der Waals surface area contributed by atoms with Gasteiger partial charge >= 0.3 is 0 Å². The van der Waals surface area contributed by atoms with Crippen LogP contribution in [0.5, 0.6) is 0 Å². The number of carbonyl (C=O) groups is 9. The molecule has 9 amide bonds. The van der Waals surface area contributed by atoms with E-state index in [-0.39, 0.29) is 89.8 Å². The normalized spacial score (nSPS) is 20.4. The van der Waals surface area contributed by atoms with Crippen molar-refractivity contribution in [1.82, 2.24) is 47.5 Å². The highest BCUT2D eigenvalue weighted by atomic mass is 16.2. The SMILES string of the molecule is CCCC[C@H](NC(C)=O)C(=O)N[C@H]1CCC(=O)NCC[C@@H](C(=O)N[C@@H](Cc2c[nH]c3ccccc23)C(N)=O)NC(=O)[C@H](CCCN=C(N)N)NC(=O)C(Cc2ccccc2)NC(=O)[C@H](CCCN)NC1=O. The molecule has 2 heterocycles. The van der Waals surface area contributed by atoms with E-state index in [1.54, 1.807) is 36.5 Å². The lowest BCUT2D eigenvalue weighted by molar-refractivity contribution is -0.136. The average Bonchev–Trinajstić information content (AvgIpc) is 3.74. The molecule has 0 spiro atoms. The monoisotopic (exact) mass is 987 g/mol. The van der Waals surface area contributed by atoms with E-state index in [0.717, 1.165) is 10.9 Å². The number of amides is 9. The lowest BCUT2D eigenvalue weighted by Crippen LogP contribution is -2.60. The minimum atomic E-state index is -1.43. The van der Waals surface area contributed by atoms with Crippen LogP contribution in [0.3, 0.4) is 0 Å². The number of fused-ring (bicyclic) bond motifs is 1. The van der Waals surface area contributed by atoms with E-state index >= 15 is 0 Å². The van der Waals surface area contributed by atoms with Gasteiger partial charge < -0.3 is 70.5 Å². The van der Waals surface area contributed by atoms with Crippen molar-refractivity contribution in [2.75, 3.05) is 19.6 Å². The van der Waals surface area contributed by atoms with Crippen LogP contribution in [0, 0.1) is 0 Å². The maximum atomic E-state index is 14.5.